The van der Waals surface area contributed by atoms with E-state index in [1.54, 1.807) is 0 Å². The maximum Gasteiger partial charge on any atom is 0.304 e. The average Bonchev–Trinajstić information content (AvgIpc) is 2.28. The number of carboxylic acid groups (broad SMARTS) is 1. The molecule has 0 aromatic carbocycles. The fourth-order valence-electron chi connectivity index (χ4n) is 1.80. The molecule has 1 N–H and O–H groups in total. The SMILES string of the molecule is CN(CC1CCCOC1)S(=O)(=O)CCC(=O)O. The third kappa shape index (κ3) is 5.01. The molecule has 1 aliphatic rings. The molecule has 0 aromatic rings. The minimum absolute atomic E-state index is 0.216. The van der Waals surface area contributed by atoms with Crippen LogP contribution in [0.3, 0.4) is 0 Å². The molecule has 0 amide bonds. The van der Waals surface area contributed by atoms with E-state index in [0.29, 0.717) is 13.2 Å². The van der Waals surface area contributed by atoms with Gasteiger partial charge in [-0.1, -0.05) is 0 Å². The molecule has 0 spiro atoms. The van der Waals surface area contributed by atoms with Crippen molar-refractivity contribution in [3.63, 3.8) is 0 Å². The number of sulfonamides is 1. The smallest absolute Gasteiger partial charge is 0.304 e. The number of aliphatic carboxylic acids is 1. The first kappa shape index (κ1) is 14.4. The molecule has 7 heteroatoms. The Kier molecular flexibility index (Phi) is 5.35. The molecular weight excluding hydrogens is 246 g/mol. The highest BCUT2D eigenvalue weighted by Gasteiger charge is 2.23. The molecule has 0 aromatic heterocycles. The summed E-state index contributed by atoms with van der Waals surface area (Å²) in [6, 6.07) is 0. The van der Waals surface area contributed by atoms with Crippen molar-refractivity contribution in [2.24, 2.45) is 5.92 Å². The number of ether oxygens (including phenoxy) is 1. The van der Waals surface area contributed by atoms with Gasteiger partial charge in [0, 0.05) is 20.2 Å². The molecule has 17 heavy (non-hydrogen) atoms. The van der Waals surface area contributed by atoms with Gasteiger partial charge in [-0.2, -0.15) is 0 Å². The molecule has 1 fully saturated rings. The first-order valence-electron chi connectivity index (χ1n) is 5.65. The molecule has 6 nitrogen and oxygen atoms in total. The lowest BCUT2D eigenvalue weighted by Crippen LogP contribution is -2.36. The second-order valence-corrected chi connectivity index (χ2v) is 6.52. The Morgan fingerprint density at radius 2 is 2.24 bits per heavy atom. The van der Waals surface area contributed by atoms with Crippen LogP contribution in [-0.2, 0) is 19.6 Å². The lowest BCUT2D eigenvalue weighted by Gasteiger charge is -2.26. The molecule has 0 aliphatic carbocycles. The lowest BCUT2D eigenvalue weighted by atomic mass is 10.0. The van der Waals surface area contributed by atoms with Gasteiger partial charge in [0.1, 0.15) is 0 Å². The predicted octanol–water partition coefficient (Wildman–Crippen LogP) is 0.149. The highest BCUT2D eigenvalue weighted by molar-refractivity contribution is 7.89. The normalized spacial score (nSPS) is 21.6. The summed E-state index contributed by atoms with van der Waals surface area (Å²) in [7, 11) is -1.97. The topological polar surface area (TPSA) is 83.9 Å². The van der Waals surface area contributed by atoms with Crippen LogP contribution >= 0.6 is 0 Å². The number of hydrogen-bond acceptors (Lipinski definition) is 4. The average molecular weight is 265 g/mol. The molecular formula is C10H19NO5S. The second kappa shape index (κ2) is 6.32. The molecule has 0 bridgehead atoms. The van der Waals surface area contributed by atoms with Crippen LogP contribution < -0.4 is 0 Å². The van der Waals surface area contributed by atoms with Crippen molar-refractivity contribution in [2.75, 3.05) is 32.6 Å². The Bertz CT molecular complexity index is 348. The minimum atomic E-state index is -3.46. The summed E-state index contributed by atoms with van der Waals surface area (Å²) in [5.74, 6) is -1.22. The van der Waals surface area contributed by atoms with Gasteiger partial charge in [-0.05, 0) is 18.8 Å². The van der Waals surface area contributed by atoms with Gasteiger partial charge in [-0.3, -0.25) is 4.79 Å². The van der Waals surface area contributed by atoms with Gasteiger partial charge in [0.15, 0.2) is 0 Å². The van der Waals surface area contributed by atoms with E-state index in [9.17, 15) is 13.2 Å². The van der Waals surface area contributed by atoms with E-state index in [-0.39, 0.29) is 18.1 Å². The Hall–Kier alpha value is -0.660. The van der Waals surface area contributed by atoms with Gasteiger partial charge in [0.05, 0.1) is 18.8 Å². The van der Waals surface area contributed by atoms with Crippen molar-refractivity contribution >= 4 is 16.0 Å². The largest absolute Gasteiger partial charge is 0.481 e. The number of hydrogen-bond donors (Lipinski definition) is 1. The molecule has 1 unspecified atom stereocenters. The van der Waals surface area contributed by atoms with E-state index in [1.165, 1.54) is 11.4 Å². The molecule has 0 saturated carbocycles. The number of rotatable bonds is 6. The molecule has 1 aliphatic heterocycles. The first-order chi connectivity index (χ1) is 7.92. The summed E-state index contributed by atoms with van der Waals surface area (Å²) in [5.41, 5.74) is 0. The molecule has 100 valence electrons. The van der Waals surface area contributed by atoms with E-state index in [1.807, 2.05) is 0 Å². The first-order valence-corrected chi connectivity index (χ1v) is 7.26. The zero-order valence-corrected chi connectivity index (χ0v) is 10.8. The summed E-state index contributed by atoms with van der Waals surface area (Å²) < 4.78 is 30.0. The molecule has 1 rings (SSSR count). The van der Waals surface area contributed by atoms with Crippen molar-refractivity contribution in [3.8, 4) is 0 Å². The van der Waals surface area contributed by atoms with E-state index in [4.69, 9.17) is 9.84 Å². The van der Waals surface area contributed by atoms with Gasteiger partial charge in [-0.25, -0.2) is 12.7 Å². The van der Waals surface area contributed by atoms with Crippen LogP contribution in [0.4, 0.5) is 0 Å². The summed E-state index contributed by atoms with van der Waals surface area (Å²) in [5, 5.41) is 8.48. The number of carboxylic acids is 1. The van der Waals surface area contributed by atoms with Gasteiger partial charge >= 0.3 is 5.97 Å². The van der Waals surface area contributed by atoms with Gasteiger partial charge in [0.25, 0.3) is 0 Å². The number of nitrogens with zero attached hydrogens (tertiary/aromatic N) is 1. The molecule has 1 atom stereocenters. The summed E-state index contributed by atoms with van der Waals surface area (Å²) in [6.45, 7) is 1.73. The lowest BCUT2D eigenvalue weighted by molar-refractivity contribution is -0.136. The van der Waals surface area contributed by atoms with Crippen molar-refractivity contribution in [1.29, 1.82) is 0 Å². The quantitative estimate of drug-likeness (QED) is 0.739. The second-order valence-electron chi connectivity index (χ2n) is 4.32. The summed E-state index contributed by atoms with van der Waals surface area (Å²) >= 11 is 0. The van der Waals surface area contributed by atoms with Crippen LogP contribution in [0.5, 0.6) is 0 Å². The van der Waals surface area contributed by atoms with Crippen molar-refractivity contribution in [3.05, 3.63) is 0 Å². The fourth-order valence-corrected chi connectivity index (χ4v) is 2.98. The molecule has 1 heterocycles. The van der Waals surface area contributed by atoms with Crippen LogP contribution in [0.15, 0.2) is 0 Å². The van der Waals surface area contributed by atoms with Gasteiger partial charge < -0.3 is 9.84 Å². The zero-order chi connectivity index (χ0) is 12.9. The van der Waals surface area contributed by atoms with E-state index >= 15 is 0 Å². The van der Waals surface area contributed by atoms with Gasteiger partial charge in [-0.15, -0.1) is 0 Å². The summed E-state index contributed by atoms with van der Waals surface area (Å²) in [6.07, 6.45) is 1.56. The highest BCUT2D eigenvalue weighted by atomic mass is 32.2. The van der Waals surface area contributed by atoms with Crippen molar-refractivity contribution in [2.45, 2.75) is 19.3 Å². The maximum absolute atomic E-state index is 11.7. The fraction of sp³-hybridized carbons (Fsp3) is 0.900. The Balaban J connectivity index is 2.44. The monoisotopic (exact) mass is 265 g/mol. The summed E-state index contributed by atoms with van der Waals surface area (Å²) in [4.78, 5) is 10.4. The Morgan fingerprint density at radius 3 is 2.76 bits per heavy atom. The minimum Gasteiger partial charge on any atom is -0.481 e. The molecule has 0 radical (unpaired) electrons. The van der Waals surface area contributed by atoms with Crippen molar-refractivity contribution in [1.82, 2.24) is 4.31 Å². The van der Waals surface area contributed by atoms with Gasteiger partial charge in [0.2, 0.25) is 10.0 Å². The maximum atomic E-state index is 11.7. The Morgan fingerprint density at radius 1 is 1.53 bits per heavy atom. The third-order valence-corrected chi connectivity index (χ3v) is 4.64. The van der Waals surface area contributed by atoms with Crippen LogP contribution in [0.25, 0.3) is 0 Å². The van der Waals surface area contributed by atoms with Crippen LogP contribution in [0, 0.1) is 5.92 Å². The van der Waals surface area contributed by atoms with Crippen LogP contribution in [0.1, 0.15) is 19.3 Å². The van der Waals surface area contributed by atoms with Crippen LogP contribution in [-0.4, -0.2) is 56.4 Å². The standard InChI is InChI=1S/C10H19NO5S/c1-11(7-9-3-2-5-16-8-9)17(14,15)6-4-10(12)13/h9H,2-8H2,1H3,(H,12,13). The number of carbonyl (C=O) groups is 1. The van der Waals surface area contributed by atoms with E-state index < -0.39 is 16.0 Å². The van der Waals surface area contributed by atoms with Crippen LogP contribution in [0.2, 0.25) is 0 Å². The Labute approximate surface area is 102 Å². The van der Waals surface area contributed by atoms with Crippen molar-refractivity contribution < 1.29 is 23.1 Å². The van der Waals surface area contributed by atoms with E-state index in [2.05, 4.69) is 0 Å². The highest BCUT2D eigenvalue weighted by Crippen LogP contribution is 2.16. The van der Waals surface area contributed by atoms with E-state index in [0.717, 1.165) is 19.4 Å². The molecule has 1 saturated heterocycles. The third-order valence-electron chi connectivity index (χ3n) is 2.82. The predicted molar refractivity (Wildman–Crippen MR) is 62.2 cm³/mol. The zero-order valence-electron chi connectivity index (χ0n) is 9.96.